The maximum atomic E-state index is 9.61. The number of nitriles is 1. The maximum absolute atomic E-state index is 9.61. The Kier molecular flexibility index (Phi) is 4.99. The molecule has 6 nitrogen and oxygen atoms in total. The van der Waals surface area contributed by atoms with E-state index in [0.717, 1.165) is 21.8 Å². The number of nitrogens with zero attached hydrogens (tertiary/aromatic N) is 5. The van der Waals surface area contributed by atoms with Crippen LogP contribution in [0, 0.1) is 11.3 Å². The van der Waals surface area contributed by atoms with Gasteiger partial charge in [-0.2, -0.15) is 10.2 Å². The van der Waals surface area contributed by atoms with Crippen LogP contribution in [0.3, 0.4) is 0 Å². The van der Waals surface area contributed by atoms with Crippen molar-refractivity contribution in [3.8, 4) is 12.1 Å². The normalized spacial score (nSPS) is 12.2. The van der Waals surface area contributed by atoms with Crippen LogP contribution in [0.1, 0.15) is 16.6 Å². The van der Waals surface area contributed by atoms with Gasteiger partial charge in [0.15, 0.2) is 0 Å². The van der Waals surface area contributed by atoms with E-state index in [1.54, 1.807) is 12.3 Å². The molecule has 3 aromatic rings. The van der Waals surface area contributed by atoms with Gasteiger partial charge in [0.1, 0.15) is 17.5 Å². The predicted molar refractivity (Wildman–Crippen MR) is 93.2 cm³/mol. The summed E-state index contributed by atoms with van der Waals surface area (Å²) < 4.78 is 6.62. The highest BCUT2D eigenvalue weighted by Gasteiger charge is 2.20. The Labute approximate surface area is 144 Å². The Bertz CT molecular complexity index is 838. The number of hydrogen-bond acceptors (Lipinski definition) is 7. The van der Waals surface area contributed by atoms with Crippen molar-refractivity contribution in [1.82, 2.24) is 19.9 Å². The number of thiazole rings is 1. The summed E-state index contributed by atoms with van der Waals surface area (Å²) in [5.74, 6) is -0.526. The quantitative estimate of drug-likeness (QED) is 0.687. The Morgan fingerprint density at radius 3 is 2.83 bits per heavy atom. The first-order chi connectivity index (χ1) is 11.7. The van der Waals surface area contributed by atoms with Crippen molar-refractivity contribution >= 4 is 21.6 Å². The van der Waals surface area contributed by atoms with Crippen molar-refractivity contribution in [2.24, 2.45) is 0 Å². The molecule has 1 aromatic carbocycles. The zero-order chi connectivity index (χ0) is 16.9. The van der Waals surface area contributed by atoms with E-state index in [1.165, 1.54) is 11.3 Å². The fourth-order valence-electron chi connectivity index (χ4n) is 2.17. The van der Waals surface area contributed by atoms with E-state index < -0.39 is 5.92 Å². The van der Waals surface area contributed by atoms with Gasteiger partial charge in [0.05, 0.1) is 22.0 Å². The molecule has 1 unspecified atom stereocenters. The van der Waals surface area contributed by atoms with Crippen LogP contribution in [0.4, 0.5) is 0 Å². The number of rotatable bonds is 6. The number of benzene rings is 1. The lowest BCUT2D eigenvalue weighted by Gasteiger charge is -2.11. The molecule has 122 valence electrons. The molecule has 0 saturated carbocycles. The third kappa shape index (κ3) is 3.67. The fraction of sp³-hybridized carbons (Fsp3) is 0.294. The van der Waals surface area contributed by atoms with Crippen molar-refractivity contribution in [2.75, 3.05) is 27.2 Å². The highest BCUT2D eigenvalue weighted by molar-refractivity contribution is 7.18. The third-order valence-corrected chi connectivity index (χ3v) is 4.51. The average Bonchev–Trinajstić information content (AvgIpc) is 2.99. The monoisotopic (exact) mass is 339 g/mol. The first kappa shape index (κ1) is 16.3. The van der Waals surface area contributed by atoms with Crippen molar-refractivity contribution in [2.45, 2.75) is 5.92 Å². The Hall–Kier alpha value is -2.56. The first-order valence-corrected chi connectivity index (χ1v) is 8.34. The molecular formula is C17H17N5OS. The topological polar surface area (TPSA) is 74.9 Å². The molecule has 0 aliphatic heterocycles. The van der Waals surface area contributed by atoms with E-state index in [2.05, 4.69) is 21.0 Å². The highest BCUT2D eigenvalue weighted by Crippen LogP contribution is 2.30. The SMILES string of the molecule is CN(C)CCOc1nccc(C(C#N)c2nc3ccccc3s2)n1. The van der Waals surface area contributed by atoms with Crippen LogP contribution < -0.4 is 4.74 Å². The van der Waals surface area contributed by atoms with E-state index in [9.17, 15) is 5.26 Å². The molecule has 0 aliphatic carbocycles. The molecule has 3 rings (SSSR count). The molecule has 0 amide bonds. The minimum atomic E-state index is -0.526. The molecule has 24 heavy (non-hydrogen) atoms. The van der Waals surface area contributed by atoms with E-state index in [4.69, 9.17) is 4.74 Å². The van der Waals surface area contributed by atoms with Crippen LogP contribution >= 0.6 is 11.3 Å². The van der Waals surface area contributed by atoms with Crippen LogP contribution in [0.2, 0.25) is 0 Å². The van der Waals surface area contributed by atoms with Gasteiger partial charge in [-0.1, -0.05) is 12.1 Å². The summed E-state index contributed by atoms with van der Waals surface area (Å²) in [4.78, 5) is 15.1. The van der Waals surface area contributed by atoms with Crippen LogP contribution in [0.15, 0.2) is 36.5 Å². The second kappa shape index (κ2) is 7.34. The minimum Gasteiger partial charge on any atom is -0.462 e. The Balaban J connectivity index is 1.84. The van der Waals surface area contributed by atoms with Gasteiger partial charge in [-0.05, 0) is 32.3 Å². The summed E-state index contributed by atoms with van der Waals surface area (Å²) in [6.07, 6.45) is 1.62. The van der Waals surface area contributed by atoms with Crippen molar-refractivity contribution in [3.05, 3.63) is 47.2 Å². The van der Waals surface area contributed by atoms with E-state index >= 15 is 0 Å². The van der Waals surface area contributed by atoms with Gasteiger partial charge >= 0.3 is 6.01 Å². The van der Waals surface area contributed by atoms with E-state index in [-0.39, 0.29) is 6.01 Å². The lowest BCUT2D eigenvalue weighted by atomic mass is 10.1. The van der Waals surface area contributed by atoms with Crippen LogP contribution in [0.25, 0.3) is 10.2 Å². The zero-order valence-electron chi connectivity index (χ0n) is 13.5. The van der Waals surface area contributed by atoms with Crippen molar-refractivity contribution in [1.29, 1.82) is 5.26 Å². The number of ether oxygens (including phenoxy) is 1. The summed E-state index contributed by atoms with van der Waals surface area (Å²) >= 11 is 1.51. The largest absolute Gasteiger partial charge is 0.462 e. The number of hydrogen-bond donors (Lipinski definition) is 0. The van der Waals surface area contributed by atoms with Gasteiger partial charge in [0.2, 0.25) is 0 Å². The number of aromatic nitrogens is 3. The van der Waals surface area contributed by atoms with Gasteiger partial charge in [0.25, 0.3) is 0 Å². The summed E-state index contributed by atoms with van der Waals surface area (Å²) in [7, 11) is 3.94. The molecule has 0 radical (unpaired) electrons. The van der Waals surface area contributed by atoms with E-state index in [1.807, 2.05) is 43.3 Å². The van der Waals surface area contributed by atoms with Gasteiger partial charge in [-0.25, -0.2) is 9.97 Å². The lowest BCUT2D eigenvalue weighted by molar-refractivity contribution is 0.245. The van der Waals surface area contributed by atoms with Gasteiger partial charge in [-0.3, -0.25) is 0 Å². The number of fused-ring (bicyclic) bond motifs is 1. The summed E-state index contributed by atoms with van der Waals surface area (Å²) in [5.41, 5.74) is 1.50. The molecule has 0 spiro atoms. The second-order valence-electron chi connectivity index (χ2n) is 5.50. The molecule has 0 aliphatic rings. The summed E-state index contributed by atoms with van der Waals surface area (Å²) in [5, 5.41) is 10.3. The standard InChI is InChI=1S/C17H17N5OS/c1-22(2)9-10-23-17-19-8-7-13(21-17)12(11-18)16-20-14-5-3-4-6-15(14)24-16/h3-8,12H,9-10H2,1-2H3. The first-order valence-electron chi connectivity index (χ1n) is 7.53. The summed E-state index contributed by atoms with van der Waals surface area (Å²) in [6.45, 7) is 1.27. The fourth-order valence-corrected chi connectivity index (χ4v) is 3.19. The van der Waals surface area contributed by atoms with E-state index in [0.29, 0.717) is 12.3 Å². The molecule has 0 saturated heterocycles. The minimum absolute atomic E-state index is 0.288. The molecule has 2 heterocycles. The van der Waals surface area contributed by atoms with Gasteiger partial charge < -0.3 is 9.64 Å². The molecule has 0 N–H and O–H groups in total. The molecule has 7 heteroatoms. The molecule has 2 aromatic heterocycles. The third-order valence-electron chi connectivity index (χ3n) is 3.41. The number of likely N-dealkylation sites (N-methyl/N-ethyl adjacent to an activating group) is 1. The highest BCUT2D eigenvalue weighted by atomic mass is 32.1. The Morgan fingerprint density at radius 1 is 1.25 bits per heavy atom. The van der Waals surface area contributed by atoms with Crippen LogP contribution in [-0.4, -0.2) is 47.1 Å². The smallest absolute Gasteiger partial charge is 0.316 e. The molecular weight excluding hydrogens is 322 g/mol. The average molecular weight is 339 g/mol. The van der Waals surface area contributed by atoms with Gasteiger partial charge in [0, 0.05) is 12.7 Å². The molecule has 0 fully saturated rings. The van der Waals surface area contributed by atoms with Crippen molar-refractivity contribution < 1.29 is 4.74 Å². The zero-order valence-corrected chi connectivity index (χ0v) is 14.3. The second-order valence-corrected chi connectivity index (χ2v) is 6.56. The maximum Gasteiger partial charge on any atom is 0.316 e. The predicted octanol–water partition coefficient (Wildman–Crippen LogP) is 2.68. The Morgan fingerprint density at radius 2 is 2.08 bits per heavy atom. The molecule has 0 bridgehead atoms. The van der Waals surface area contributed by atoms with Gasteiger partial charge in [-0.15, -0.1) is 11.3 Å². The number of para-hydroxylation sites is 1. The molecule has 1 atom stereocenters. The summed E-state index contributed by atoms with van der Waals surface area (Å²) in [6, 6.07) is 12.2. The lowest BCUT2D eigenvalue weighted by Crippen LogP contribution is -2.20. The van der Waals surface area contributed by atoms with Crippen molar-refractivity contribution in [3.63, 3.8) is 0 Å². The van der Waals surface area contributed by atoms with Crippen LogP contribution in [-0.2, 0) is 0 Å². The van der Waals surface area contributed by atoms with Crippen LogP contribution in [0.5, 0.6) is 6.01 Å².